The van der Waals surface area contributed by atoms with Crippen LogP contribution in [0.2, 0.25) is 10.0 Å². The van der Waals surface area contributed by atoms with E-state index >= 15 is 0 Å². The molecule has 33 heavy (non-hydrogen) atoms. The lowest BCUT2D eigenvalue weighted by Gasteiger charge is -2.16. The minimum absolute atomic E-state index is 0.0114. The molecule has 0 aliphatic carbocycles. The summed E-state index contributed by atoms with van der Waals surface area (Å²) in [5.41, 5.74) is 1.15. The zero-order chi connectivity index (χ0) is 23.9. The summed E-state index contributed by atoms with van der Waals surface area (Å²) in [5.74, 6) is -0.176. The van der Waals surface area contributed by atoms with Crippen molar-refractivity contribution in [1.82, 2.24) is 9.97 Å². The molecule has 0 amide bonds. The normalized spacial score (nSPS) is 11.8. The number of hydrogen-bond donors (Lipinski definition) is 3. The van der Waals surface area contributed by atoms with Crippen molar-refractivity contribution in [3.63, 3.8) is 0 Å². The third-order valence-electron chi connectivity index (χ3n) is 5.12. The van der Waals surface area contributed by atoms with Crippen molar-refractivity contribution in [1.29, 1.82) is 0 Å². The molecule has 0 unspecified atom stereocenters. The Bertz CT molecular complexity index is 1610. The average molecular weight is 504 g/mol. The van der Waals surface area contributed by atoms with Crippen molar-refractivity contribution in [2.45, 2.75) is 24.7 Å². The van der Waals surface area contributed by atoms with Gasteiger partial charge in [0.05, 0.1) is 26.6 Å². The Kier molecular flexibility index (Phi) is 6.09. The van der Waals surface area contributed by atoms with Gasteiger partial charge in [0.15, 0.2) is 0 Å². The van der Waals surface area contributed by atoms with E-state index in [0.717, 1.165) is 5.56 Å². The number of hydrogen-bond acceptors (Lipinski definition) is 4. The van der Waals surface area contributed by atoms with Gasteiger partial charge >= 0.3 is 11.1 Å². The molecule has 10 heteroatoms. The predicted octanol–water partition coefficient (Wildman–Crippen LogP) is 5.11. The summed E-state index contributed by atoms with van der Waals surface area (Å²) in [4.78, 5) is 28.3. The monoisotopic (exact) mass is 503 g/mol. The van der Waals surface area contributed by atoms with E-state index in [1.165, 1.54) is 12.1 Å². The fourth-order valence-electron chi connectivity index (χ4n) is 3.52. The van der Waals surface area contributed by atoms with E-state index in [1.807, 2.05) is 19.9 Å². The molecule has 0 spiro atoms. The molecule has 3 N–H and O–H groups in total. The van der Waals surface area contributed by atoms with E-state index in [0.29, 0.717) is 26.7 Å². The molecular formula is C23H19Cl2N3O4S. The summed E-state index contributed by atoms with van der Waals surface area (Å²) >= 11 is 12.5. The van der Waals surface area contributed by atoms with Gasteiger partial charge in [0.2, 0.25) is 0 Å². The van der Waals surface area contributed by atoms with Gasteiger partial charge in [-0.05, 0) is 53.4 Å². The second-order valence-corrected chi connectivity index (χ2v) is 10.3. The Hall–Kier alpha value is -3.07. The highest BCUT2D eigenvalue weighted by molar-refractivity contribution is 7.92. The molecule has 1 aromatic heterocycles. The minimum Gasteiger partial charge on any atom is -0.316 e. The summed E-state index contributed by atoms with van der Waals surface area (Å²) in [6.07, 6.45) is 0. The highest BCUT2D eigenvalue weighted by Gasteiger charge is 2.22. The standard InChI is InChI=1S/C23H19Cl2N3O4S/c1-12(2)17-10-19-20(27-23(30)22(29)26-19)11-21(17)33(31,32)28-15-6-7-16(18(25)9-15)13-4-3-5-14(24)8-13/h3-12,28H,1-2H3,(H,26,29)(H,27,30). The topological polar surface area (TPSA) is 112 Å². The van der Waals surface area contributed by atoms with E-state index in [2.05, 4.69) is 14.7 Å². The number of nitrogens with one attached hydrogen (secondary N) is 3. The number of aromatic nitrogens is 2. The van der Waals surface area contributed by atoms with E-state index in [9.17, 15) is 18.0 Å². The van der Waals surface area contributed by atoms with Crippen molar-refractivity contribution in [3.8, 4) is 11.1 Å². The summed E-state index contributed by atoms with van der Waals surface area (Å²) in [5, 5.41) is 0.909. The first-order valence-electron chi connectivity index (χ1n) is 9.94. The van der Waals surface area contributed by atoms with Crippen molar-refractivity contribution in [2.75, 3.05) is 4.72 Å². The van der Waals surface area contributed by atoms with Crippen LogP contribution in [0.4, 0.5) is 5.69 Å². The summed E-state index contributed by atoms with van der Waals surface area (Å²) in [7, 11) is -4.05. The lowest BCUT2D eigenvalue weighted by atomic mass is 10.0. The van der Waals surface area contributed by atoms with Crippen LogP contribution < -0.4 is 15.8 Å². The maximum Gasteiger partial charge on any atom is 0.314 e. The Morgan fingerprint density at radius 2 is 1.55 bits per heavy atom. The van der Waals surface area contributed by atoms with Crippen LogP contribution >= 0.6 is 23.2 Å². The molecule has 1 heterocycles. The van der Waals surface area contributed by atoms with Crippen LogP contribution in [0.1, 0.15) is 25.3 Å². The van der Waals surface area contributed by atoms with Crippen LogP contribution in [0.3, 0.4) is 0 Å². The van der Waals surface area contributed by atoms with Gasteiger partial charge in [-0.15, -0.1) is 0 Å². The SMILES string of the molecule is CC(C)c1cc2[nH]c(=O)c(=O)[nH]c2cc1S(=O)(=O)Nc1ccc(-c2cccc(Cl)c2)c(Cl)c1. The molecule has 0 bridgehead atoms. The van der Waals surface area contributed by atoms with Gasteiger partial charge in [-0.2, -0.15) is 0 Å². The summed E-state index contributed by atoms with van der Waals surface area (Å²) in [6.45, 7) is 3.67. The van der Waals surface area contributed by atoms with E-state index in [4.69, 9.17) is 23.2 Å². The molecule has 7 nitrogen and oxygen atoms in total. The second-order valence-electron chi connectivity index (χ2n) is 7.81. The van der Waals surface area contributed by atoms with E-state index in [1.54, 1.807) is 36.4 Å². The second kappa shape index (κ2) is 8.70. The third kappa shape index (κ3) is 4.68. The molecule has 0 saturated heterocycles. The van der Waals surface area contributed by atoms with Crippen LogP contribution in [-0.4, -0.2) is 18.4 Å². The lowest BCUT2D eigenvalue weighted by Crippen LogP contribution is -2.29. The Balaban J connectivity index is 1.76. The molecule has 0 saturated carbocycles. The van der Waals surface area contributed by atoms with Crippen LogP contribution in [-0.2, 0) is 10.0 Å². The predicted molar refractivity (Wildman–Crippen MR) is 132 cm³/mol. The van der Waals surface area contributed by atoms with Crippen molar-refractivity contribution >= 4 is 49.9 Å². The summed E-state index contributed by atoms with van der Waals surface area (Å²) in [6, 6.07) is 14.9. The fraction of sp³-hybridized carbons (Fsp3) is 0.130. The number of fused-ring (bicyclic) bond motifs is 1. The van der Waals surface area contributed by atoms with Crippen molar-refractivity contribution in [2.24, 2.45) is 0 Å². The Morgan fingerprint density at radius 1 is 0.879 bits per heavy atom. The number of rotatable bonds is 5. The van der Waals surface area contributed by atoms with Crippen LogP contribution in [0, 0.1) is 0 Å². The Labute approximate surface area is 199 Å². The maximum absolute atomic E-state index is 13.3. The van der Waals surface area contributed by atoms with Gasteiger partial charge in [-0.3, -0.25) is 14.3 Å². The van der Waals surface area contributed by atoms with Crippen molar-refractivity contribution < 1.29 is 8.42 Å². The molecule has 170 valence electrons. The van der Waals surface area contributed by atoms with Gasteiger partial charge in [-0.1, -0.05) is 55.2 Å². The largest absolute Gasteiger partial charge is 0.316 e. The smallest absolute Gasteiger partial charge is 0.314 e. The molecule has 4 aromatic rings. The first-order chi connectivity index (χ1) is 15.5. The lowest BCUT2D eigenvalue weighted by molar-refractivity contribution is 0.599. The highest BCUT2D eigenvalue weighted by atomic mass is 35.5. The maximum atomic E-state index is 13.3. The zero-order valence-electron chi connectivity index (χ0n) is 17.6. The molecule has 0 fully saturated rings. The molecule has 0 aliphatic heterocycles. The van der Waals surface area contributed by atoms with Gasteiger partial charge < -0.3 is 9.97 Å². The Morgan fingerprint density at radius 3 is 2.15 bits per heavy atom. The zero-order valence-corrected chi connectivity index (χ0v) is 19.9. The summed E-state index contributed by atoms with van der Waals surface area (Å²) < 4.78 is 29.1. The first-order valence-corrected chi connectivity index (χ1v) is 12.2. The fourth-order valence-corrected chi connectivity index (χ4v) is 5.43. The van der Waals surface area contributed by atoms with E-state index in [-0.39, 0.29) is 22.0 Å². The van der Waals surface area contributed by atoms with Gasteiger partial charge in [-0.25, -0.2) is 8.42 Å². The quantitative estimate of drug-likeness (QED) is 0.328. The van der Waals surface area contributed by atoms with Crippen LogP contribution in [0.5, 0.6) is 0 Å². The molecule has 3 aromatic carbocycles. The first kappa shape index (κ1) is 23.1. The molecule has 4 rings (SSSR count). The number of anilines is 1. The molecular weight excluding hydrogens is 485 g/mol. The van der Waals surface area contributed by atoms with Gasteiger partial charge in [0.25, 0.3) is 10.0 Å². The van der Waals surface area contributed by atoms with Crippen LogP contribution in [0.15, 0.2) is 69.1 Å². The van der Waals surface area contributed by atoms with Crippen molar-refractivity contribution in [3.05, 3.63) is 90.9 Å². The number of sulfonamides is 1. The van der Waals surface area contributed by atoms with Crippen LogP contribution in [0.25, 0.3) is 22.2 Å². The van der Waals surface area contributed by atoms with E-state index < -0.39 is 21.1 Å². The minimum atomic E-state index is -4.05. The highest BCUT2D eigenvalue weighted by Crippen LogP contribution is 2.33. The van der Waals surface area contributed by atoms with Gasteiger partial charge in [0, 0.05) is 10.6 Å². The third-order valence-corrected chi connectivity index (χ3v) is 7.11. The average Bonchev–Trinajstić information content (AvgIpc) is 2.73. The molecule has 0 aliphatic rings. The number of benzene rings is 3. The molecule has 0 radical (unpaired) electrons. The number of halogens is 2. The molecule has 0 atom stereocenters. The van der Waals surface area contributed by atoms with Gasteiger partial charge in [0.1, 0.15) is 0 Å². The number of aromatic amines is 2. The number of H-pyrrole nitrogens is 2.